The maximum Gasteiger partial charge on any atom is 0.270 e. The quantitative estimate of drug-likeness (QED) is 0.827. The Labute approximate surface area is 110 Å². The van der Waals surface area contributed by atoms with E-state index in [4.69, 9.17) is 16.7 Å². The summed E-state index contributed by atoms with van der Waals surface area (Å²) in [6, 6.07) is 3.08. The van der Waals surface area contributed by atoms with E-state index in [9.17, 15) is 4.79 Å². The number of nitrogens with one attached hydrogen (secondary N) is 1. The minimum Gasteiger partial charge on any atom is -0.396 e. The van der Waals surface area contributed by atoms with Gasteiger partial charge in [-0.25, -0.2) is 0 Å². The fourth-order valence-electron chi connectivity index (χ4n) is 1.34. The molecule has 1 aromatic heterocycles. The Morgan fingerprint density at radius 2 is 2.47 bits per heavy atom. The second-order valence-corrected chi connectivity index (χ2v) is 4.84. The van der Waals surface area contributed by atoms with Crippen molar-refractivity contribution in [1.82, 2.24) is 10.3 Å². The average molecular weight is 275 g/mol. The number of aromatic nitrogens is 1. The summed E-state index contributed by atoms with van der Waals surface area (Å²) >= 11 is 7.40. The Morgan fingerprint density at radius 3 is 3.06 bits per heavy atom. The van der Waals surface area contributed by atoms with Crippen molar-refractivity contribution in [3.05, 3.63) is 29.0 Å². The van der Waals surface area contributed by atoms with Gasteiger partial charge in [0.05, 0.1) is 0 Å². The molecule has 94 valence electrons. The van der Waals surface area contributed by atoms with Crippen LogP contribution < -0.4 is 5.32 Å². The maximum atomic E-state index is 11.8. The molecule has 2 N–H and O–H groups in total. The highest BCUT2D eigenvalue weighted by atomic mass is 35.5. The molecule has 17 heavy (non-hydrogen) atoms. The highest BCUT2D eigenvalue weighted by molar-refractivity contribution is 7.98. The molecule has 1 rings (SSSR count). The van der Waals surface area contributed by atoms with E-state index >= 15 is 0 Å². The predicted molar refractivity (Wildman–Crippen MR) is 70.6 cm³/mol. The van der Waals surface area contributed by atoms with Crippen LogP contribution in [0.15, 0.2) is 18.3 Å². The van der Waals surface area contributed by atoms with Crippen molar-refractivity contribution in [1.29, 1.82) is 0 Å². The summed E-state index contributed by atoms with van der Waals surface area (Å²) in [7, 11) is 0. The van der Waals surface area contributed by atoms with Crippen molar-refractivity contribution in [2.75, 3.05) is 18.6 Å². The minimum absolute atomic E-state index is 0.0501. The normalized spacial score (nSPS) is 12.2. The molecule has 0 saturated carbocycles. The summed E-state index contributed by atoms with van der Waals surface area (Å²) in [6.45, 7) is 0.0501. The predicted octanol–water partition coefficient (Wildman–Crippen LogP) is 1.58. The van der Waals surface area contributed by atoms with Gasteiger partial charge in [-0.3, -0.25) is 9.78 Å². The molecule has 0 spiro atoms. The first-order chi connectivity index (χ1) is 8.17. The van der Waals surface area contributed by atoms with Gasteiger partial charge in [0.15, 0.2) is 0 Å². The van der Waals surface area contributed by atoms with Crippen LogP contribution in [0.25, 0.3) is 0 Å². The number of amides is 1. The molecule has 0 fully saturated rings. The van der Waals surface area contributed by atoms with E-state index in [1.807, 2.05) is 6.26 Å². The summed E-state index contributed by atoms with van der Waals surface area (Å²) in [5.41, 5.74) is 0.293. The third kappa shape index (κ3) is 4.93. The molecule has 0 radical (unpaired) electrons. The van der Waals surface area contributed by atoms with Gasteiger partial charge < -0.3 is 10.4 Å². The number of halogens is 1. The lowest BCUT2D eigenvalue weighted by Crippen LogP contribution is -2.37. The smallest absolute Gasteiger partial charge is 0.270 e. The second kappa shape index (κ2) is 7.53. The number of aliphatic hydroxyl groups is 1. The molecule has 0 aromatic carbocycles. The molecule has 0 saturated heterocycles. The fraction of sp³-hybridized carbons (Fsp3) is 0.455. The van der Waals surface area contributed by atoms with Gasteiger partial charge in [0.1, 0.15) is 5.69 Å². The first-order valence-electron chi connectivity index (χ1n) is 5.19. The van der Waals surface area contributed by atoms with E-state index in [1.54, 1.807) is 17.8 Å². The molecule has 1 atom stereocenters. The summed E-state index contributed by atoms with van der Waals surface area (Å²) in [5, 5.41) is 12.2. The standard InChI is InChI=1S/C11H15ClN2O2S/c1-17-7-9(3-5-15)14-11(16)10-6-8(12)2-4-13-10/h2,4,6,9,15H,3,5,7H2,1H3,(H,14,16)/t9-/m0/s1. The van der Waals surface area contributed by atoms with Crippen molar-refractivity contribution in [3.63, 3.8) is 0 Å². The number of aliphatic hydroxyl groups excluding tert-OH is 1. The van der Waals surface area contributed by atoms with E-state index in [-0.39, 0.29) is 18.6 Å². The summed E-state index contributed by atoms with van der Waals surface area (Å²) in [4.78, 5) is 15.8. The molecule has 0 bridgehead atoms. The van der Waals surface area contributed by atoms with Crippen molar-refractivity contribution in [2.24, 2.45) is 0 Å². The lowest BCUT2D eigenvalue weighted by molar-refractivity contribution is 0.0930. The molecule has 4 nitrogen and oxygen atoms in total. The van der Waals surface area contributed by atoms with E-state index < -0.39 is 0 Å². The third-order valence-electron chi connectivity index (χ3n) is 2.14. The molecule has 0 aliphatic rings. The zero-order valence-electron chi connectivity index (χ0n) is 9.52. The Bertz CT molecular complexity index is 370. The third-order valence-corrected chi connectivity index (χ3v) is 3.11. The van der Waals surface area contributed by atoms with Gasteiger partial charge in [0, 0.05) is 29.6 Å². The highest BCUT2D eigenvalue weighted by Crippen LogP contribution is 2.09. The number of carbonyl (C=O) groups is 1. The molecule has 1 aromatic rings. The van der Waals surface area contributed by atoms with Crippen LogP contribution in [0, 0.1) is 0 Å². The molecule has 0 unspecified atom stereocenters. The van der Waals surface area contributed by atoms with E-state index in [2.05, 4.69) is 10.3 Å². The van der Waals surface area contributed by atoms with Crippen molar-refractivity contribution < 1.29 is 9.90 Å². The number of rotatable bonds is 6. The minimum atomic E-state index is -0.264. The zero-order valence-corrected chi connectivity index (χ0v) is 11.1. The van der Waals surface area contributed by atoms with Crippen LogP contribution in [0.4, 0.5) is 0 Å². The molecule has 6 heteroatoms. The Balaban J connectivity index is 2.63. The average Bonchev–Trinajstić information content (AvgIpc) is 2.29. The highest BCUT2D eigenvalue weighted by Gasteiger charge is 2.14. The Morgan fingerprint density at radius 1 is 1.71 bits per heavy atom. The van der Waals surface area contributed by atoms with Gasteiger partial charge in [0.2, 0.25) is 0 Å². The topological polar surface area (TPSA) is 62.2 Å². The van der Waals surface area contributed by atoms with Crippen LogP contribution in [0.3, 0.4) is 0 Å². The number of hydrogen-bond acceptors (Lipinski definition) is 4. The van der Waals surface area contributed by atoms with Crippen molar-refractivity contribution >= 4 is 29.3 Å². The number of nitrogens with zero attached hydrogens (tertiary/aromatic N) is 1. The van der Waals surface area contributed by atoms with Gasteiger partial charge in [-0.2, -0.15) is 11.8 Å². The SMILES string of the molecule is CSC[C@H](CCO)NC(=O)c1cc(Cl)ccn1. The molecule has 1 amide bonds. The molecular formula is C11H15ClN2O2S. The summed E-state index contributed by atoms with van der Waals surface area (Å²) in [6.07, 6.45) is 3.98. The lowest BCUT2D eigenvalue weighted by Gasteiger charge is -2.16. The first-order valence-corrected chi connectivity index (χ1v) is 6.96. The monoisotopic (exact) mass is 274 g/mol. The Kier molecular flexibility index (Phi) is 6.32. The van der Waals surface area contributed by atoms with Crippen molar-refractivity contribution in [3.8, 4) is 0 Å². The summed E-state index contributed by atoms with van der Waals surface area (Å²) in [5.74, 6) is 0.493. The van der Waals surface area contributed by atoms with Crippen LogP contribution in [0.1, 0.15) is 16.9 Å². The van der Waals surface area contributed by atoms with Gasteiger partial charge in [-0.1, -0.05) is 11.6 Å². The maximum absolute atomic E-state index is 11.8. The van der Waals surface area contributed by atoms with Gasteiger partial charge in [-0.15, -0.1) is 0 Å². The van der Waals surface area contributed by atoms with Crippen LogP contribution in [-0.2, 0) is 0 Å². The molecule has 0 aliphatic carbocycles. The molecular weight excluding hydrogens is 260 g/mol. The largest absolute Gasteiger partial charge is 0.396 e. The van der Waals surface area contributed by atoms with Gasteiger partial charge >= 0.3 is 0 Å². The van der Waals surface area contributed by atoms with Crippen LogP contribution in [-0.4, -0.2) is 40.7 Å². The van der Waals surface area contributed by atoms with Gasteiger partial charge in [-0.05, 0) is 24.8 Å². The number of pyridine rings is 1. The van der Waals surface area contributed by atoms with Gasteiger partial charge in [0.25, 0.3) is 5.91 Å². The number of hydrogen-bond donors (Lipinski definition) is 2. The fourth-order valence-corrected chi connectivity index (χ4v) is 2.15. The van der Waals surface area contributed by atoms with Crippen LogP contribution >= 0.6 is 23.4 Å². The Hall–Kier alpha value is -0.780. The van der Waals surface area contributed by atoms with Crippen molar-refractivity contribution in [2.45, 2.75) is 12.5 Å². The van der Waals surface area contributed by atoms with Crippen LogP contribution in [0.5, 0.6) is 0 Å². The molecule has 0 aliphatic heterocycles. The lowest BCUT2D eigenvalue weighted by atomic mass is 10.2. The van der Waals surface area contributed by atoms with E-state index in [1.165, 1.54) is 12.3 Å². The first kappa shape index (κ1) is 14.3. The van der Waals surface area contributed by atoms with E-state index in [0.717, 1.165) is 5.75 Å². The van der Waals surface area contributed by atoms with E-state index in [0.29, 0.717) is 17.1 Å². The number of thioether (sulfide) groups is 1. The molecule has 1 heterocycles. The summed E-state index contributed by atoms with van der Waals surface area (Å²) < 4.78 is 0. The second-order valence-electron chi connectivity index (χ2n) is 3.50. The zero-order chi connectivity index (χ0) is 12.7. The number of carbonyl (C=O) groups excluding carboxylic acids is 1. The van der Waals surface area contributed by atoms with Crippen LogP contribution in [0.2, 0.25) is 5.02 Å².